The second-order valence-electron chi connectivity index (χ2n) is 3.65. The lowest BCUT2D eigenvalue weighted by molar-refractivity contribution is 0.744. The van der Waals surface area contributed by atoms with Crippen LogP contribution in [0.2, 0.25) is 0 Å². The summed E-state index contributed by atoms with van der Waals surface area (Å²) in [5, 5.41) is 0. The molecule has 0 fully saturated rings. The van der Waals surface area contributed by atoms with E-state index in [1.807, 2.05) is 25.4 Å². The average Bonchev–Trinajstić information content (AvgIpc) is 2.74. The summed E-state index contributed by atoms with van der Waals surface area (Å²) in [6.45, 7) is 2.10. The lowest BCUT2D eigenvalue weighted by atomic mass is 10.3. The third kappa shape index (κ3) is 1.79. The molecule has 15 heavy (non-hydrogen) atoms. The number of pyridine rings is 1. The van der Waals surface area contributed by atoms with E-state index in [-0.39, 0.29) is 0 Å². The Labute approximate surface area is 94.3 Å². The molecule has 1 unspecified atom stereocenters. The van der Waals surface area contributed by atoms with Crippen LogP contribution in [0.5, 0.6) is 0 Å². The van der Waals surface area contributed by atoms with Crippen LogP contribution in [0.3, 0.4) is 0 Å². The molecule has 0 radical (unpaired) electrons. The van der Waals surface area contributed by atoms with Crippen molar-refractivity contribution in [2.45, 2.75) is 13.0 Å². The highest BCUT2D eigenvalue weighted by Crippen LogP contribution is 2.17. The largest absolute Gasteiger partial charge is 0.357 e. The van der Waals surface area contributed by atoms with Crippen LogP contribution in [-0.4, -0.2) is 28.4 Å². The molecular formula is C11H14ClN3. The Morgan fingerprint density at radius 1 is 1.53 bits per heavy atom. The van der Waals surface area contributed by atoms with Gasteiger partial charge in [0.2, 0.25) is 0 Å². The Morgan fingerprint density at radius 2 is 2.33 bits per heavy atom. The topological polar surface area (TPSA) is 20.5 Å². The quantitative estimate of drug-likeness (QED) is 0.745. The van der Waals surface area contributed by atoms with Crippen molar-refractivity contribution >= 4 is 23.1 Å². The number of alkyl halides is 1. The van der Waals surface area contributed by atoms with Crippen molar-refractivity contribution in [3.63, 3.8) is 0 Å². The predicted octanol–water partition coefficient (Wildman–Crippen LogP) is 2.40. The molecule has 0 saturated heterocycles. The minimum atomic E-state index is 0.305. The first-order valence-electron chi connectivity index (χ1n) is 4.95. The minimum absolute atomic E-state index is 0.305. The maximum absolute atomic E-state index is 5.86. The van der Waals surface area contributed by atoms with E-state index in [1.54, 1.807) is 6.20 Å². The zero-order valence-electron chi connectivity index (χ0n) is 8.89. The number of aromatic nitrogens is 2. The summed E-state index contributed by atoms with van der Waals surface area (Å²) in [4.78, 5) is 6.40. The Morgan fingerprint density at radius 3 is 3.07 bits per heavy atom. The summed E-state index contributed by atoms with van der Waals surface area (Å²) in [6.07, 6.45) is 3.76. The molecule has 0 aromatic carbocycles. The number of imidazole rings is 1. The van der Waals surface area contributed by atoms with Crippen LogP contribution in [0, 0.1) is 0 Å². The molecule has 2 aromatic rings. The number of anilines is 1. The van der Waals surface area contributed by atoms with Crippen LogP contribution < -0.4 is 4.90 Å². The van der Waals surface area contributed by atoms with Gasteiger partial charge in [-0.05, 0) is 19.1 Å². The molecule has 0 aliphatic rings. The third-order valence-corrected chi connectivity index (χ3v) is 3.10. The lowest BCUT2D eigenvalue weighted by Crippen LogP contribution is -2.31. The van der Waals surface area contributed by atoms with Crippen molar-refractivity contribution in [1.29, 1.82) is 0 Å². The summed E-state index contributed by atoms with van der Waals surface area (Å²) in [6, 6.07) is 6.37. The number of halogens is 1. The zero-order chi connectivity index (χ0) is 10.8. The number of fused-ring (bicyclic) bond motifs is 1. The van der Waals surface area contributed by atoms with Crippen LogP contribution in [0.4, 0.5) is 5.82 Å². The summed E-state index contributed by atoms with van der Waals surface area (Å²) in [7, 11) is 2.04. The molecule has 0 bridgehead atoms. The van der Waals surface area contributed by atoms with Gasteiger partial charge in [-0.3, -0.25) is 4.40 Å². The van der Waals surface area contributed by atoms with Crippen molar-refractivity contribution in [2.75, 3.05) is 17.8 Å². The predicted molar refractivity (Wildman–Crippen MR) is 63.8 cm³/mol. The van der Waals surface area contributed by atoms with Gasteiger partial charge in [-0.15, -0.1) is 11.6 Å². The van der Waals surface area contributed by atoms with Gasteiger partial charge in [0.05, 0.1) is 0 Å². The van der Waals surface area contributed by atoms with Crippen molar-refractivity contribution in [1.82, 2.24) is 9.38 Å². The summed E-state index contributed by atoms with van der Waals surface area (Å²) in [5.74, 6) is 1.72. The number of hydrogen-bond donors (Lipinski definition) is 0. The van der Waals surface area contributed by atoms with Crippen LogP contribution in [0.25, 0.3) is 5.65 Å². The maximum Gasteiger partial charge on any atom is 0.138 e. The smallest absolute Gasteiger partial charge is 0.138 e. The monoisotopic (exact) mass is 223 g/mol. The highest BCUT2D eigenvalue weighted by molar-refractivity contribution is 6.18. The Hall–Kier alpha value is -1.22. The first kappa shape index (κ1) is 10.3. The fourth-order valence-corrected chi connectivity index (χ4v) is 1.76. The van der Waals surface area contributed by atoms with E-state index in [4.69, 9.17) is 11.6 Å². The number of nitrogens with zero attached hydrogens (tertiary/aromatic N) is 3. The van der Waals surface area contributed by atoms with Crippen molar-refractivity contribution in [2.24, 2.45) is 0 Å². The number of hydrogen-bond acceptors (Lipinski definition) is 2. The molecule has 80 valence electrons. The van der Waals surface area contributed by atoms with Crippen molar-refractivity contribution in [3.05, 3.63) is 30.6 Å². The molecule has 2 heterocycles. The standard InChI is InChI=1S/C11H14ClN3/c1-9(8-12)14(2)11-5-3-4-10-13-6-7-15(10)11/h3-7,9H,8H2,1-2H3. The highest BCUT2D eigenvalue weighted by atomic mass is 35.5. The first-order chi connectivity index (χ1) is 7.24. The Bertz CT molecular complexity index is 452. The van der Waals surface area contributed by atoms with Gasteiger partial charge in [0, 0.05) is 31.4 Å². The summed E-state index contributed by atoms with van der Waals surface area (Å²) in [5.41, 5.74) is 0.959. The zero-order valence-corrected chi connectivity index (χ0v) is 9.65. The molecule has 2 rings (SSSR count). The molecule has 0 spiro atoms. The van der Waals surface area contributed by atoms with Crippen molar-refractivity contribution in [3.8, 4) is 0 Å². The third-order valence-electron chi connectivity index (χ3n) is 2.65. The van der Waals surface area contributed by atoms with E-state index in [2.05, 4.69) is 27.3 Å². The molecule has 4 heteroatoms. The molecule has 2 aromatic heterocycles. The summed E-state index contributed by atoms with van der Waals surface area (Å²) < 4.78 is 2.06. The van der Waals surface area contributed by atoms with E-state index in [1.165, 1.54) is 0 Å². The highest BCUT2D eigenvalue weighted by Gasteiger charge is 2.11. The van der Waals surface area contributed by atoms with Crippen molar-refractivity contribution < 1.29 is 0 Å². The molecule has 0 N–H and O–H groups in total. The van der Waals surface area contributed by atoms with Gasteiger partial charge in [0.15, 0.2) is 0 Å². The van der Waals surface area contributed by atoms with E-state index >= 15 is 0 Å². The molecule has 0 aliphatic carbocycles. The van der Waals surface area contributed by atoms with E-state index in [0.29, 0.717) is 11.9 Å². The number of rotatable bonds is 3. The van der Waals surface area contributed by atoms with Gasteiger partial charge in [-0.2, -0.15) is 0 Å². The van der Waals surface area contributed by atoms with E-state index < -0.39 is 0 Å². The second kappa shape index (κ2) is 4.11. The normalized spacial score (nSPS) is 13.0. The van der Waals surface area contributed by atoms with Crippen LogP contribution in [-0.2, 0) is 0 Å². The lowest BCUT2D eigenvalue weighted by Gasteiger charge is -2.25. The first-order valence-corrected chi connectivity index (χ1v) is 5.48. The molecular weight excluding hydrogens is 210 g/mol. The van der Waals surface area contributed by atoms with Gasteiger partial charge >= 0.3 is 0 Å². The van der Waals surface area contributed by atoms with Gasteiger partial charge < -0.3 is 4.90 Å². The Kier molecular flexibility index (Phi) is 2.82. The van der Waals surface area contributed by atoms with Gasteiger partial charge in [0.1, 0.15) is 11.5 Å². The van der Waals surface area contributed by atoms with E-state index in [0.717, 1.165) is 11.5 Å². The van der Waals surface area contributed by atoms with E-state index in [9.17, 15) is 0 Å². The van der Waals surface area contributed by atoms with Gasteiger partial charge in [-0.25, -0.2) is 4.98 Å². The SMILES string of the molecule is CC(CCl)N(C)c1cccc2nccn12. The van der Waals surface area contributed by atoms with Crippen LogP contribution in [0.1, 0.15) is 6.92 Å². The van der Waals surface area contributed by atoms with Crippen LogP contribution >= 0.6 is 11.6 Å². The van der Waals surface area contributed by atoms with Crippen LogP contribution in [0.15, 0.2) is 30.6 Å². The van der Waals surface area contributed by atoms with Gasteiger partial charge in [-0.1, -0.05) is 6.07 Å². The molecule has 0 saturated carbocycles. The maximum atomic E-state index is 5.86. The molecule has 0 aliphatic heterocycles. The van der Waals surface area contributed by atoms with Gasteiger partial charge in [0.25, 0.3) is 0 Å². The minimum Gasteiger partial charge on any atom is -0.357 e. The second-order valence-corrected chi connectivity index (χ2v) is 3.96. The average molecular weight is 224 g/mol. The molecule has 1 atom stereocenters. The summed E-state index contributed by atoms with van der Waals surface area (Å²) >= 11 is 5.86. The fraction of sp³-hybridized carbons (Fsp3) is 0.364. The molecule has 3 nitrogen and oxygen atoms in total. The molecule has 0 amide bonds. The fourth-order valence-electron chi connectivity index (χ4n) is 1.55. The Balaban J connectivity index is 2.46.